The molecule has 1 nitrogen and oxygen atoms in total. The zero-order chi connectivity index (χ0) is 9.78. The zero-order valence-corrected chi connectivity index (χ0v) is 8.69. The summed E-state index contributed by atoms with van der Waals surface area (Å²) in [6.45, 7) is 1.81. The molecule has 0 spiro atoms. The Morgan fingerprint density at radius 3 is 2.42 bits per heavy atom. The van der Waals surface area contributed by atoms with Crippen LogP contribution in [0.15, 0.2) is 9.66 Å². The predicted molar refractivity (Wildman–Crippen MR) is 49.1 cm³/mol. The second-order valence-electron chi connectivity index (χ2n) is 2.38. The van der Waals surface area contributed by atoms with Crippen molar-refractivity contribution >= 4 is 22.6 Å². The number of aliphatic hydroxyl groups excluding tert-OH is 1. The molecule has 0 aromatic rings. The van der Waals surface area contributed by atoms with E-state index in [2.05, 4.69) is 0 Å². The van der Waals surface area contributed by atoms with Crippen molar-refractivity contribution < 1.29 is 18.3 Å². The van der Waals surface area contributed by atoms with Gasteiger partial charge in [0, 0.05) is 9.66 Å². The number of halogens is 4. The molecule has 0 aliphatic carbocycles. The minimum absolute atomic E-state index is 0.0537. The average molecular weight is 294 g/mol. The lowest BCUT2D eigenvalue weighted by Crippen LogP contribution is -2.10. The first-order valence-electron chi connectivity index (χ1n) is 3.50. The smallest absolute Gasteiger partial charge is 0.388 e. The van der Waals surface area contributed by atoms with Crippen LogP contribution in [0.25, 0.3) is 0 Å². The quantitative estimate of drug-likeness (QED) is 0.793. The Morgan fingerprint density at radius 2 is 2.08 bits per heavy atom. The van der Waals surface area contributed by atoms with Gasteiger partial charge in [0.25, 0.3) is 0 Å². The van der Waals surface area contributed by atoms with E-state index in [0.29, 0.717) is 12.8 Å². The average Bonchev–Trinajstić information content (AvgIpc) is 1.84. The molecular formula is C7H10F3IO. The number of hydrogen-bond acceptors (Lipinski definition) is 1. The lowest BCUT2D eigenvalue weighted by atomic mass is 10.2. The van der Waals surface area contributed by atoms with Crippen molar-refractivity contribution in [3.8, 4) is 0 Å². The Morgan fingerprint density at radius 1 is 1.58 bits per heavy atom. The molecule has 72 valence electrons. The number of aliphatic hydroxyl groups is 1. The van der Waals surface area contributed by atoms with E-state index in [1.165, 1.54) is 22.6 Å². The van der Waals surface area contributed by atoms with Gasteiger partial charge < -0.3 is 5.11 Å². The monoisotopic (exact) mass is 294 g/mol. The topological polar surface area (TPSA) is 20.2 Å². The van der Waals surface area contributed by atoms with Crippen LogP contribution in [0.5, 0.6) is 0 Å². The van der Waals surface area contributed by atoms with Crippen molar-refractivity contribution in [2.24, 2.45) is 0 Å². The Kier molecular flexibility index (Phi) is 5.15. The van der Waals surface area contributed by atoms with Gasteiger partial charge in [0.15, 0.2) is 0 Å². The van der Waals surface area contributed by atoms with Crippen LogP contribution in [0.4, 0.5) is 13.2 Å². The minimum Gasteiger partial charge on any atom is -0.388 e. The normalized spacial score (nSPS) is 16.3. The number of allylic oxidation sites excluding steroid dienone is 1. The number of alkyl halides is 3. The molecule has 0 rings (SSSR count). The van der Waals surface area contributed by atoms with Crippen molar-refractivity contribution in [3.05, 3.63) is 9.66 Å². The fraction of sp³-hybridized carbons (Fsp3) is 0.714. The van der Waals surface area contributed by atoms with Crippen LogP contribution < -0.4 is 0 Å². The summed E-state index contributed by atoms with van der Waals surface area (Å²) in [6, 6.07) is 0. The Labute approximate surface area is 82.8 Å². The first-order chi connectivity index (χ1) is 5.37. The lowest BCUT2D eigenvalue weighted by Gasteiger charge is -2.09. The Bertz CT molecular complexity index is 165. The molecule has 0 saturated carbocycles. The van der Waals surface area contributed by atoms with Crippen LogP contribution in [0.1, 0.15) is 19.8 Å². The third kappa shape index (κ3) is 5.82. The molecule has 0 saturated heterocycles. The summed E-state index contributed by atoms with van der Waals surface area (Å²) in [4.78, 5) is 0. The second kappa shape index (κ2) is 5.06. The third-order valence-electron chi connectivity index (χ3n) is 1.18. The largest absolute Gasteiger partial charge is 0.410 e. The van der Waals surface area contributed by atoms with Crippen molar-refractivity contribution in [2.45, 2.75) is 32.0 Å². The summed E-state index contributed by atoms with van der Waals surface area (Å²) in [6.07, 6.45) is -4.14. The summed E-state index contributed by atoms with van der Waals surface area (Å²) in [5, 5.41) is 9.11. The number of hydrogen-bond donors (Lipinski definition) is 1. The first-order valence-corrected chi connectivity index (χ1v) is 4.57. The van der Waals surface area contributed by atoms with E-state index < -0.39 is 12.3 Å². The van der Waals surface area contributed by atoms with Crippen LogP contribution in [0.3, 0.4) is 0 Å². The summed E-state index contributed by atoms with van der Waals surface area (Å²) in [7, 11) is 0. The molecule has 0 aliphatic heterocycles. The van der Waals surface area contributed by atoms with Gasteiger partial charge in [0.2, 0.25) is 0 Å². The van der Waals surface area contributed by atoms with Crippen LogP contribution in [-0.2, 0) is 0 Å². The fourth-order valence-corrected chi connectivity index (χ4v) is 1.33. The van der Waals surface area contributed by atoms with Crippen LogP contribution in [0, 0.1) is 0 Å². The van der Waals surface area contributed by atoms with E-state index >= 15 is 0 Å². The van der Waals surface area contributed by atoms with Crippen LogP contribution in [-0.4, -0.2) is 17.4 Å². The van der Waals surface area contributed by atoms with E-state index in [4.69, 9.17) is 5.11 Å². The molecular weight excluding hydrogens is 284 g/mol. The maximum Gasteiger partial charge on any atom is 0.410 e. The molecule has 0 aromatic carbocycles. The van der Waals surface area contributed by atoms with E-state index in [9.17, 15) is 13.2 Å². The maximum atomic E-state index is 11.7. The molecule has 1 atom stereocenters. The minimum atomic E-state index is -4.33. The van der Waals surface area contributed by atoms with Gasteiger partial charge in [-0.1, -0.05) is 13.3 Å². The van der Waals surface area contributed by atoms with Gasteiger partial charge in [-0.15, -0.1) is 0 Å². The highest BCUT2D eigenvalue weighted by Gasteiger charge is 2.25. The van der Waals surface area contributed by atoms with E-state index in [0.717, 1.165) is 0 Å². The first kappa shape index (κ1) is 12.2. The van der Waals surface area contributed by atoms with Crippen molar-refractivity contribution in [2.75, 3.05) is 0 Å². The standard InChI is InChI=1S/C7H10F3IO/c1-2-3-6(12)5(11)4-7(8,9)10/h4,6,12H,2-3H2,1H3/b5-4-. The molecule has 0 heterocycles. The molecule has 0 amide bonds. The van der Waals surface area contributed by atoms with Gasteiger partial charge in [-0.2, -0.15) is 13.2 Å². The molecule has 0 radical (unpaired) electrons. The predicted octanol–water partition coefficient (Wildman–Crippen LogP) is 3.03. The van der Waals surface area contributed by atoms with E-state index in [-0.39, 0.29) is 9.66 Å². The molecule has 5 heteroatoms. The summed E-state index contributed by atoms with van der Waals surface area (Å²) in [5.74, 6) is 0. The van der Waals surface area contributed by atoms with Crippen molar-refractivity contribution in [1.29, 1.82) is 0 Å². The molecule has 0 aromatic heterocycles. The SMILES string of the molecule is CCCC(O)/C(I)=C/C(F)(F)F. The number of rotatable bonds is 3. The summed E-state index contributed by atoms with van der Waals surface area (Å²) < 4.78 is 35.1. The van der Waals surface area contributed by atoms with E-state index in [1.54, 1.807) is 6.92 Å². The van der Waals surface area contributed by atoms with E-state index in [1.807, 2.05) is 0 Å². The van der Waals surface area contributed by atoms with Gasteiger partial charge in [-0.25, -0.2) is 0 Å². The van der Waals surface area contributed by atoms with Gasteiger partial charge in [0.1, 0.15) is 0 Å². The molecule has 0 fully saturated rings. The Balaban J connectivity index is 4.17. The van der Waals surface area contributed by atoms with Crippen molar-refractivity contribution in [1.82, 2.24) is 0 Å². The zero-order valence-electron chi connectivity index (χ0n) is 6.53. The Hall–Kier alpha value is 0.220. The second-order valence-corrected chi connectivity index (χ2v) is 3.62. The van der Waals surface area contributed by atoms with Gasteiger partial charge >= 0.3 is 6.18 Å². The molecule has 1 N–H and O–H groups in total. The molecule has 0 bridgehead atoms. The van der Waals surface area contributed by atoms with Crippen LogP contribution >= 0.6 is 22.6 Å². The van der Waals surface area contributed by atoms with Crippen molar-refractivity contribution in [3.63, 3.8) is 0 Å². The highest BCUT2D eigenvalue weighted by atomic mass is 127. The lowest BCUT2D eigenvalue weighted by molar-refractivity contribution is -0.0807. The van der Waals surface area contributed by atoms with Gasteiger partial charge in [-0.3, -0.25) is 0 Å². The molecule has 1 unspecified atom stereocenters. The van der Waals surface area contributed by atoms with Gasteiger partial charge in [0.05, 0.1) is 6.10 Å². The van der Waals surface area contributed by atoms with Gasteiger partial charge in [-0.05, 0) is 29.0 Å². The van der Waals surface area contributed by atoms with Crippen LogP contribution in [0.2, 0.25) is 0 Å². The third-order valence-corrected chi connectivity index (χ3v) is 2.21. The fourth-order valence-electron chi connectivity index (χ4n) is 0.664. The highest BCUT2D eigenvalue weighted by molar-refractivity contribution is 14.1. The maximum absolute atomic E-state index is 11.7. The summed E-state index contributed by atoms with van der Waals surface area (Å²) in [5.41, 5.74) is 0. The molecule has 12 heavy (non-hydrogen) atoms. The molecule has 0 aliphatic rings. The highest BCUT2D eigenvalue weighted by Crippen LogP contribution is 2.24. The summed E-state index contributed by atoms with van der Waals surface area (Å²) >= 11 is 1.51.